The summed E-state index contributed by atoms with van der Waals surface area (Å²) in [5.74, 6) is 0.878. The van der Waals surface area contributed by atoms with E-state index in [0.717, 1.165) is 12.0 Å². The van der Waals surface area contributed by atoms with E-state index in [1.165, 1.54) is 18.0 Å². The summed E-state index contributed by atoms with van der Waals surface area (Å²) in [5.41, 5.74) is 0.882. The Balaban J connectivity index is 1.57. The van der Waals surface area contributed by atoms with Crippen molar-refractivity contribution >= 4 is 23.7 Å². The van der Waals surface area contributed by atoms with E-state index in [1.54, 1.807) is 24.5 Å². The minimum atomic E-state index is -0.586. The van der Waals surface area contributed by atoms with Gasteiger partial charge in [0.2, 0.25) is 5.91 Å². The summed E-state index contributed by atoms with van der Waals surface area (Å²) in [4.78, 5) is 28.1. The van der Waals surface area contributed by atoms with E-state index in [1.807, 2.05) is 23.6 Å². The molecule has 0 aromatic carbocycles. The summed E-state index contributed by atoms with van der Waals surface area (Å²) in [5, 5.41) is 14.0. The standard InChI is InChI=1S/C20H24N6O4S/c1-2-29-11-4-10-26-18(15-6-8-21-9-7-15)24-25-20(26)31-14-17(27)23-19(28)22-13-16-5-3-12-30-16/h3,5-9,12H,2,4,10-11,13-14H2,1H3,(H2,22,23,27,28). The highest BCUT2D eigenvalue weighted by molar-refractivity contribution is 7.99. The van der Waals surface area contributed by atoms with Gasteiger partial charge in [-0.2, -0.15) is 0 Å². The van der Waals surface area contributed by atoms with Gasteiger partial charge >= 0.3 is 6.03 Å². The lowest BCUT2D eigenvalue weighted by molar-refractivity contribution is -0.117. The predicted octanol–water partition coefficient (Wildman–Crippen LogP) is 2.48. The van der Waals surface area contributed by atoms with Crippen molar-refractivity contribution in [2.24, 2.45) is 0 Å². The first-order valence-electron chi connectivity index (χ1n) is 9.81. The monoisotopic (exact) mass is 444 g/mol. The van der Waals surface area contributed by atoms with Gasteiger partial charge in [-0.15, -0.1) is 10.2 Å². The molecule has 0 radical (unpaired) electrons. The molecule has 3 aromatic rings. The van der Waals surface area contributed by atoms with Crippen LogP contribution in [-0.2, 0) is 22.6 Å². The molecule has 10 nitrogen and oxygen atoms in total. The Morgan fingerprint density at radius 2 is 2.06 bits per heavy atom. The minimum Gasteiger partial charge on any atom is -0.467 e. The van der Waals surface area contributed by atoms with Gasteiger partial charge < -0.3 is 19.0 Å². The number of pyridine rings is 1. The quantitative estimate of drug-likeness (QED) is 0.341. The minimum absolute atomic E-state index is 0.0219. The summed E-state index contributed by atoms with van der Waals surface area (Å²) in [6.07, 6.45) is 5.67. The molecule has 0 spiro atoms. The van der Waals surface area contributed by atoms with Crippen LogP contribution in [0.3, 0.4) is 0 Å². The zero-order valence-electron chi connectivity index (χ0n) is 17.1. The lowest BCUT2D eigenvalue weighted by atomic mass is 10.2. The third-order valence-electron chi connectivity index (χ3n) is 4.12. The maximum atomic E-state index is 12.2. The molecule has 3 rings (SSSR count). The molecule has 164 valence electrons. The first-order chi connectivity index (χ1) is 15.2. The number of furan rings is 1. The molecular weight excluding hydrogens is 420 g/mol. The fourth-order valence-electron chi connectivity index (χ4n) is 2.70. The Morgan fingerprint density at radius 3 is 2.81 bits per heavy atom. The molecule has 31 heavy (non-hydrogen) atoms. The van der Waals surface area contributed by atoms with Crippen LogP contribution in [0.2, 0.25) is 0 Å². The fourth-order valence-corrected chi connectivity index (χ4v) is 3.46. The molecule has 3 aromatic heterocycles. The maximum Gasteiger partial charge on any atom is 0.321 e. The van der Waals surface area contributed by atoms with Crippen LogP contribution in [0.25, 0.3) is 11.4 Å². The summed E-state index contributed by atoms with van der Waals surface area (Å²) < 4.78 is 12.5. The number of rotatable bonds is 11. The van der Waals surface area contributed by atoms with E-state index in [9.17, 15) is 9.59 Å². The van der Waals surface area contributed by atoms with Gasteiger partial charge in [0.15, 0.2) is 11.0 Å². The van der Waals surface area contributed by atoms with Crippen LogP contribution in [-0.4, -0.2) is 50.7 Å². The first kappa shape index (κ1) is 22.5. The van der Waals surface area contributed by atoms with E-state index < -0.39 is 11.9 Å². The van der Waals surface area contributed by atoms with Crippen molar-refractivity contribution in [2.45, 2.75) is 31.6 Å². The second kappa shape index (κ2) is 11.9. The number of carbonyl (C=O) groups excluding carboxylic acids is 2. The SMILES string of the molecule is CCOCCCn1c(SCC(=O)NC(=O)NCc2ccco2)nnc1-c1ccncc1. The lowest BCUT2D eigenvalue weighted by Crippen LogP contribution is -2.39. The summed E-state index contributed by atoms with van der Waals surface area (Å²) in [6.45, 7) is 4.06. The fraction of sp³-hybridized carbons (Fsp3) is 0.350. The van der Waals surface area contributed by atoms with Gasteiger partial charge in [-0.05, 0) is 37.6 Å². The molecule has 0 unspecified atom stereocenters. The number of hydrogen-bond acceptors (Lipinski definition) is 8. The number of amides is 3. The smallest absolute Gasteiger partial charge is 0.321 e. The molecule has 3 heterocycles. The molecule has 0 bridgehead atoms. The molecule has 0 aliphatic carbocycles. The summed E-state index contributed by atoms with van der Waals surface area (Å²) in [6, 6.07) is 6.58. The Morgan fingerprint density at radius 1 is 1.23 bits per heavy atom. The van der Waals surface area contributed by atoms with Gasteiger partial charge in [0.05, 0.1) is 18.6 Å². The normalized spacial score (nSPS) is 10.7. The zero-order valence-corrected chi connectivity index (χ0v) is 17.9. The predicted molar refractivity (Wildman–Crippen MR) is 114 cm³/mol. The summed E-state index contributed by atoms with van der Waals surface area (Å²) >= 11 is 1.21. The van der Waals surface area contributed by atoms with Crippen molar-refractivity contribution < 1.29 is 18.7 Å². The first-order valence-corrected chi connectivity index (χ1v) is 10.8. The molecule has 0 saturated heterocycles. The van der Waals surface area contributed by atoms with Crippen LogP contribution in [0.4, 0.5) is 4.79 Å². The zero-order chi connectivity index (χ0) is 21.9. The van der Waals surface area contributed by atoms with Gasteiger partial charge in [0, 0.05) is 37.7 Å². The van der Waals surface area contributed by atoms with Crippen LogP contribution >= 0.6 is 11.8 Å². The number of nitrogens with one attached hydrogen (secondary N) is 2. The van der Waals surface area contributed by atoms with E-state index in [2.05, 4.69) is 25.8 Å². The average Bonchev–Trinajstić information content (AvgIpc) is 3.44. The number of aromatic nitrogens is 4. The number of thioether (sulfide) groups is 1. The molecule has 0 fully saturated rings. The topological polar surface area (TPSA) is 124 Å². The molecule has 11 heteroatoms. The highest BCUT2D eigenvalue weighted by atomic mass is 32.2. The van der Waals surface area contributed by atoms with Gasteiger partial charge in [0.1, 0.15) is 5.76 Å². The second-order valence-electron chi connectivity index (χ2n) is 6.34. The molecule has 0 atom stereocenters. The van der Waals surface area contributed by atoms with E-state index in [0.29, 0.717) is 36.5 Å². The van der Waals surface area contributed by atoms with E-state index in [-0.39, 0.29) is 12.3 Å². The number of ether oxygens (including phenoxy) is 1. The molecule has 0 aliphatic heterocycles. The van der Waals surface area contributed by atoms with E-state index >= 15 is 0 Å². The number of hydrogen-bond donors (Lipinski definition) is 2. The highest BCUT2D eigenvalue weighted by Crippen LogP contribution is 2.24. The molecule has 2 N–H and O–H groups in total. The third kappa shape index (κ3) is 6.93. The Kier molecular flexibility index (Phi) is 8.61. The summed E-state index contributed by atoms with van der Waals surface area (Å²) in [7, 11) is 0. The van der Waals surface area contributed by atoms with Crippen LogP contribution < -0.4 is 10.6 Å². The second-order valence-corrected chi connectivity index (χ2v) is 7.29. The Hall–Kier alpha value is -3.18. The number of imide groups is 1. The lowest BCUT2D eigenvalue weighted by Gasteiger charge is -2.10. The van der Waals surface area contributed by atoms with Crippen molar-refractivity contribution in [3.63, 3.8) is 0 Å². The molecule has 3 amide bonds. The average molecular weight is 445 g/mol. The van der Waals surface area contributed by atoms with Crippen molar-refractivity contribution in [1.82, 2.24) is 30.4 Å². The number of urea groups is 1. The van der Waals surface area contributed by atoms with Crippen LogP contribution in [0, 0.1) is 0 Å². The molecular formula is C20H24N6O4S. The largest absolute Gasteiger partial charge is 0.467 e. The number of carbonyl (C=O) groups is 2. The molecule has 0 saturated carbocycles. The van der Waals surface area contributed by atoms with E-state index in [4.69, 9.17) is 9.15 Å². The van der Waals surface area contributed by atoms with Crippen molar-refractivity contribution in [1.29, 1.82) is 0 Å². The maximum absolute atomic E-state index is 12.2. The van der Waals surface area contributed by atoms with Gasteiger partial charge in [-0.25, -0.2) is 4.79 Å². The number of nitrogens with zero attached hydrogens (tertiary/aromatic N) is 4. The third-order valence-corrected chi connectivity index (χ3v) is 5.09. The van der Waals surface area contributed by atoms with Crippen LogP contribution in [0.1, 0.15) is 19.1 Å². The molecule has 0 aliphatic rings. The van der Waals surface area contributed by atoms with Gasteiger partial charge in [-0.3, -0.25) is 15.1 Å². The van der Waals surface area contributed by atoms with Crippen molar-refractivity contribution in [3.05, 3.63) is 48.7 Å². The Labute approximate surface area is 183 Å². The van der Waals surface area contributed by atoms with Crippen molar-refractivity contribution in [3.8, 4) is 11.4 Å². The van der Waals surface area contributed by atoms with Crippen molar-refractivity contribution in [2.75, 3.05) is 19.0 Å². The van der Waals surface area contributed by atoms with Crippen LogP contribution in [0.15, 0.2) is 52.5 Å². The van der Waals surface area contributed by atoms with Crippen LogP contribution in [0.5, 0.6) is 0 Å². The highest BCUT2D eigenvalue weighted by Gasteiger charge is 2.16. The van der Waals surface area contributed by atoms with Gasteiger partial charge in [0.25, 0.3) is 0 Å². The van der Waals surface area contributed by atoms with Gasteiger partial charge in [-0.1, -0.05) is 11.8 Å². The Bertz CT molecular complexity index is 961.